The number of benzene rings is 3. The standard InChI is InChI=1S/C27H32N2O2/c1-28-18-20-29(21-19-28)17-16-25(24-12-6-3-7-13-24)31-27-15-9-8-14-26(27)30-22-23-10-4-2-5-11-23/h2-15,25H,16-22H2,1H3/t25-/m1/s1. The number of nitrogens with zero attached hydrogens (tertiary/aromatic N) is 2. The van der Waals surface area contributed by atoms with Gasteiger partial charge in [-0.05, 0) is 30.3 Å². The van der Waals surface area contributed by atoms with E-state index in [9.17, 15) is 0 Å². The fraction of sp³-hybridized carbons (Fsp3) is 0.333. The lowest BCUT2D eigenvalue weighted by Crippen LogP contribution is -2.45. The van der Waals surface area contributed by atoms with Crippen molar-refractivity contribution in [1.29, 1.82) is 0 Å². The molecule has 0 saturated carbocycles. The van der Waals surface area contributed by atoms with Gasteiger partial charge >= 0.3 is 0 Å². The molecule has 3 aromatic rings. The smallest absolute Gasteiger partial charge is 0.162 e. The van der Waals surface area contributed by atoms with Gasteiger partial charge in [0.1, 0.15) is 12.7 Å². The number of ether oxygens (including phenoxy) is 2. The Hall–Kier alpha value is -2.82. The van der Waals surface area contributed by atoms with Gasteiger partial charge in [-0.1, -0.05) is 72.8 Å². The molecule has 1 aliphatic rings. The van der Waals surface area contributed by atoms with Crippen molar-refractivity contribution in [3.05, 3.63) is 96.1 Å². The molecule has 4 nitrogen and oxygen atoms in total. The van der Waals surface area contributed by atoms with Crippen LogP contribution in [0.5, 0.6) is 11.5 Å². The van der Waals surface area contributed by atoms with Crippen molar-refractivity contribution in [2.75, 3.05) is 39.8 Å². The normalized spacial score (nSPS) is 16.0. The molecule has 162 valence electrons. The molecule has 4 heteroatoms. The highest BCUT2D eigenvalue weighted by Gasteiger charge is 2.19. The summed E-state index contributed by atoms with van der Waals surface area (Å²) in [7, 11) is 2.19. The highest BCUT2D eigenvalue weighted by Crippen LogP contribution is 2.33. The molecule has 1 heterocycles. The van der Waals surface area contributed by atoms with Crippen LogP contribution in [0.2, 0.25) is 0 Å². The molecule has 31 heavy (non-hydrogen) atoms. The summed E-state index contributed by atoms with van der Waals surface area (Å²) < 4.78 is 12.7. The molecular formula is C27H32N2O2. The molecule has 3 aromatic carbocycles. The van der Waals surface area contributed by atoms with Crippen LogP contribution in [-0.4, -0.2) is 49.6 Å². The van der Waals surface area contributed by atoms with Crippen molar-refractivity contribution >= 4 is 0 Å². The van der Waals surface area contributed by atoms with Crippen molar-refractivity contribution in [3.63, 3.8) is 0 Å². The number of hydrogen-bond acceptors (Lipinski definition) is 4. The Kier molecular flexibility index (Phi) is 7.59. The van der Waals surface area contributed by atoms with E-state index in [1.165, 1.54) is 5.56 Å². The Morgan fingerprint density at radius 3 is 2.06 bits per heavy atom. The quantitative estimate of drug-likeness (QED) is 0.489. The fourth-order valence-corrected chi connectivity index (χ4v) is 3.89. The monoisotopic (exact) mass is 416 g/mol. The van der Waals surface area contributed by atoms with Gasteiger partial charge in [0, 0.05) is 39.1 Å². The number of rotatable bonds is 9. The second kappa shape index (κ2) is 11.0. The molecule has 4 rings (SSSR count). The van der Waals surface area contributed by atoms with Gasteiger partial charge in [0.15, 0.2) is 11.5 Å². The highest BCUT2D eigenvalue weighted by atomic mass is 16.5. The maximum atomic E-state index is 6.57. The average Bonchev–Trinajstić information content (AvgIpc) is 2.83. The summed E-state index contributed by atoms with van der Waals surface area (Å²) in [6.45, 7) is 6.06. The first-order valence-corrected chi connectivity index (χ1v) is 11.2. The molecule has 0 bridgehead atoms. The summed E-state index contributed by atoms with van der Waals surface area (Å²) in [5.74, 6) is 1.58. The molecule has 0 radical (unpaired) electrons. The fourth-order valence-electron chi connectivity index (χ4n) is 3.89. The van der Waals surface area contributed by atoms with Crippen LogP contribution in [0.3, 0.4) is 0 Å². The molecule has 0 aliphatic carbocycles. The van der Waals surface area contributed by atoms with Gasteiger partial charge in [0.05, 0.1) is 0 Å². The van der Waals surface area contributed by atoms with E-state index in [1.54, 1.807) is 0 Å². The van der Waals surface area contributed by atoms with E-state index >= 15 is 0 Å². The number of para-hydroxylation sites is 2. The summed E-state index contributed by atoms with van der Waals surface area (Å²) in [6.07, 6.45) is 0.933. The zero-order valence-corrected chi connectivity index (χ0v) is 18.3. The minimum atomic E-state index is -0.0117. The number of hydrogen-bond donors (Lipinski definition) is 0. The molecule has 0 amide bonds. The van der Waals surface area contributed by atoms with Crippen LogP contribution >= 0.6 is 0 Å². The van der Waals surface area contributed by atoms with Crippen LogP contribution in [0.4, 0.5) is 0 Å². The van der Waals surface area contributed by atoms with Crippen LogP contribution in [0.25, 0.3) is 0 Å². The predicted molar refractivity (Wildman–Crippen MR) is 126 cm³/mol. The Balaban J connectivity index is 1.45. The van der Waals surface area contributed by atoms with Gasteiger partial charge in [-0.3, -0.25) is 0 Å². The lowest BCUT2D eigenvalue weighted by Gasteiger charge is -2.33. The van der Waals surface area contributed by atoms with Gasteiger partial charge in [-0.25, -0.2) is 0 Å². The van der Waals surface area contributed by atoms with Gasteiger partial charge in [0.25, 0.3) is 0 Å². The molecule has 1 aliphatic heterocycles. The van der Waals surface area contributed by atoms with Crippen molar-refractivity contribution in [1.82, 2.24) is 9.80 Å². The molecule has 0 spiro atoms. The maximum Gasteiger partial charge on any atom is 0.162 e. The average molecular weight is 417 g/mol. The number of piperazine rings is 1. The van der Waals surface area contributed by atoms with Crippen LogP contribution in [0, 0.1) is 0 Å². The predicted octanol–water partition coefficient (Wildman–Crippen LogP) is 5.02. The van der Waals surface area contributed by atoms with Crippen LogP contribution in [-0.2, 0) is 6.61 Å². The second-order valence-corrected chi connectivity index (χ2v) is 8.17. The third-order valence-corrected chi connectivity index (χ3v) is 5.83. The Bertz CT molecular complexity index is 909. The molecular weight excluding hydrogens is 384 g/mol. The van der Waals surface area contributed by atoms with E-state index in [0.717, 1.165) is 56.2 Å². The Morgan fingerprint density at radius 1 is 0.742 bits per heavy atom. The molecule has 1 fully saturated rings. The number of likely N-dealkylation sites (N-methyl/N-ethyl adjacent to an activating group) is 1. The largest absolute Gasteiger partial charge is 0.485 e. The van der Waals surface area contributed by atoms with Crippen LogP contribution in [0.15, 0.2) is 84.9 Å². The van der Waals surface area contributed by atoms with Crippen molar-refractivity contribution in [3.8, 4) is 11.5 Å². The van der Waals surface area contributed by atoms with E-state index < -0.39 is 0 Å². The molecule has 0 aromatic heterocycles. The third kappa shape index (κ3) is 6.33. The lowest BCUT2D eigenvalue weighted by molar-refractivity contribution is 0.121. The van der Waals surface area contributed by atoms with Crippen molar-refractivity contribution in [2.24, 2.45) is 0 Å². The Morgan fingerprint density at radius 2 is 1.35 bits per heavy atom. The van der Waals surface area contributed by atoms with E-state index in [4.69, 9.17) is 9.47 Å². The first-order valence-electron chi connectivity index (χ1n) is 11.2. The molecule has 0 N–H and O–H groups in total. The molecule has 0 unspecified atom stereocenters. The topological polar surface area (TPSA) is 24.9 Å². The second-order valence-electron chi connectivity index (χ2n) is 8.17. The highest BCUT2D eigenvalue weighted by molar-refractivity contribution is 5.40. The van der Waals surface area contributed by atoms with E-state index in [-0.39, 0.29) is 6.10 Å². The van der Waals surface area contributed by atoms with E-state index in [2.05, 4.69) is 59.3 Å². The van der Waals surface area contributed by atoms with Crippen LogP contribution < -0.4 is 9.47 Å². The third-order valence-electron chi connectivity index (χ3n) is 5.83. The minimum absolute atomic E-state index is 0.0117. The van der Waals surface area contributed by atoms with Crippen molar-refractivity contribution < 1.29 is 9.47 Å². The van der Waals surface area contributed by atoms with Gasteiger partial charge in [0.2, 0.25) is 0 Å². The van der Waals surface area contributed by atoms with Crippen molar-refractivity contribution in [2.45, 2.75) is 19.1 Å². The van der Waals surface area contributed by atoms with Gasteiger partial charge in [-0.2, -0.15) is 0 Å². The molecule has 1 saturated heterocycles. The first-order chi connectivity index (χ1) is 15.3. The summed E-state index contributed by atoms with van der Waals surface area (Å²) in [5, 5.41) is 0. The van der Waals surface area contributed by atoms with Crippen LogP contribution in [0.1, 0.15) is 23.7 Å². The zero-order valence-electron chi connectivity index (χ0n) is 18.3. The SMILES string of the molecule is CN1CCN(CC[C@@H](Oc2ccccc2OCc2ccccc2)c2ccccc2)CC1. The molecule has 1 atom stereocenters. The first kappa shape index (κ1) is 21.4. The summed E-state index contributed by atoms with van der Waals surface area (Å²) in [6, 6.07) is 28.8. The summed E-state index contributed by atoms with van der Waals surface area (Å²) in [5.41, 5.74) is 2.35. The zero-order chi connectivity index (χ0) is 21.3. The minimum Gasteiger partial charge on any atom is -0.485 e. The Labute approximate surface area is 186 Å². The van der Waals surface area contributed by atoms with E-state index in [1.807, 2.05) is 42.5 Å². The van der Waals surface area contributed by atoms with Gasteiger partial charge < -0.3 is 19.3 Å². The maximum absolute atomic E-state index is 6.57. The van der Waals surface area contributed by atoms with Gasteiger partial charge in [-0.15, -0.1) is 0 Å². The summed E-state index contributed by atoms with van der Waals surface area (Å²) >= 11 is 0. The summed E-state index contributed by atoms with van der Waals surface area (Å²) in [4.78, 5) is 4.93. The van der Waals surface area contributed by atoms with E-state index in [0.29, 0.717) is 6.61 Å². The lowest BCUT2D eigenvalue weighted by atomic mass is 10.1.